The van der Waals surface area contributed by atoms with Crippen LogP contribution in [0.1, 0.15) is 24.8 Å². The van der Waals surface area contributed by atoms with Gasteiger partial charge in [0.25, 0.3) is 0 Å². The Labute approximate surface area is 152 Å². The number of halogens is 4. The van der Waals surface area contributed by atoms with E-state index in [1.54, 1.807) is 19.0 Å². The molecule has 0 spiro atoms. The summed E-state index contributed by atoms with van der Waals surface area (Å²) in [5.41, 5.74) is -0.561. The van der Waals surface area contributed by atoms with Gasteiger partial charge in [-0.1, -0.05) is 36.8 Å². The number of hydrogen-bond acceptors (Lipinski definition) is 1. The van der Waals surface area contributed by atoms with E-state index in [2.05, 4.69) is 10.3 Å². The Hall–Kier alpha value is -0.990. The fourth-order valence-electron chi connectivity index (χ4n) is 2.52. The number of aliphatic imine (C=N–C) groups is 1. The number of nitrogens with one attached hydrogen (secondary N) is 1. The molecular formula is C16H23F3IN3. The minimum atomic E-state index is -4.16. The summed E-state index contributed by atoms with van der Waals surface area (Å²) in [7, 11) is 3.55. The molecule has 0 aromatic heterocycles. The predicted molar refractivity (Wildman–Crippen MR) is 97.0 cm³/mol. The van der Waals surface area contributed by atoms with Gasteiger partial charge >= 0.3 is 6.18 Å². The van der Waals surface area contributed by atoms with Gasteiger partial charge < -0.3 is 10.2 Å². The van der Waals surface area contributed by atoms with Crippen molar-refractivity contribution in [1.82, 2.24) is 10.2 Å². The van der Waals surface area contributed by atoms with Crippen LogP contribution in [0.2, 0.25) is 0 Å². The standard InChI is InChI=1S/C16H22F3N3.HI/c1-22(2)14(20-11-13-7-4-3-5-8-13)21-12-15(9-6-10-15)16(17,18)19;/h3-5,7-8H,6,9-12H2,1-2H3,(H,20,21);1H. The van der Waals surface area contributed by atoms with Gasteiger partial charge in [0.1, 0.15) is 0 Å². The second-order valence-electron chi connectivity index (χ2n) is 6.01. The van der Waals surface area contributed by atoms with E-state index in [1.807, 2.05) is 30.3 Å². The van der Waals surface area contributed by atoms with Crippen LogP contribution in [0.3, 0.4) is 0 Å². The molecule has 1 saturated carbocycles. The Morgan fingerprint density at radius 3 is 2.26 bits per heavy atom. The maximum absolute atomic E-state index is 13.2. The lowest BCUT2D eigenvalue weighted by Gasteiger charge is -2.43. The first-order chi connectivity index (χ1) is 10.3. The molecule has 3 nitrogen and oxygen atoms in total. The van der Waals surface area contributed by atoms with Gasteiger partial charge in [-0.05, 0) is 18.4 Å². The highest BCUT2D eigenvalue weighted by atomic mass is 127. The molecular weight excluding hydrogens is 418 g/mol. The van der Waals surface area contributed by atoms with E-state index >= 15 is 0 Å². The first kappa shape index (κ1) is 20.1. The van der Waals surface area contributed by atoms with E-state index in [4.69, 9.17) is 0 Å². The highest BCUT2D eigenvalue weighted by molar-refractivity contribution is 14.0. The molecule has 7 heteroatoms. The molecule has 2 rings (SSSR count). The Kier molecular flexibility index (Phi) is 7.16. The van der Waals surface area contributed by atoms with Crippen LogP contribution in [0.5, 0.6) is 0 Å². The average molecular weight is 441 g/mol. The molecule has 0 saturated heterocycles. The SMILES string of the molecule is CN(C)C(=NCc1ccccc1)NCC1(C(F)(F)F)CCC1.I. The van der Waals surface area contributed by atoms with Crippen molar-refractivity contribution in [3.63, 3.8) is 0 Å². The van der Waals surface area contributed by atoms with E-state index in [-0.39, 0.29) is 43.4 Å². The van der Waals surface area contributed by atoms with Gasteiger partial charge in [-0.15, -0.1) is 24.0 Å². The summed E-state index contributed by atoms with van der Waals surface area (Å²) in [5, 5.41) is 2.89. The van der Waals surface area contributed by atoms with E-state index in [0.29, 0.717) is 18.9 Å². The molecule has 23 heavy (non-hydrogen) atoms. The van der Waals surface area contributed by atoms with Crippen LogP contribution in [-0.4, -0.2) is 37.7 Å². The third kappa shape index (κ3) is 4.99. The minimum absolute atomic E-state index is 0. The van der Waals surface area contributed by atoms with Crippen molar-refractivity contribution in [2.24, 2.45) is 10.4 Å². The topological polar surface area (TPSA) is 27.6 Å². The van der Waals surface area contributed by atoms with E-state index < -0.39 is 11.6 Å². The maximum atomic E-state index is 13.2. The molecule has 1 fully saturated rings. The Balaban J connectivity index is 0.00000264. The first-order valence-corrected chi connectivity index (χ1v) is 7.40. The van der Waals surface area contributed by atoms with Gasteiger partial charge in [0.15, 0.2) is 5.96 Å². The van der Waals surface area contributed by atoms with Crippen molar-refractivity contribution in [3.05, 3.63) is 35.9 Å². The molecule has 0 bridgehead atoms. The number of alkyl halides is 3. The summed E-state index contributed by atoms with van der Waals surface area (Å²) < 4.78 is 39.5. The van der Waals surface area contributed by atoms with Crippen molar-refractivity contribution in [2.45, 2.75) is 32.0 Å². The third-order valence-electron chi connectivity index (χ3n) is 4.17. The predicted octanol–water partition coefficient (Wildman–Crippen LogP) is 4.04. The molecule has 0 unspecified atom stereocenters. The highest BCUT2D eigenvalue weighted by Gasteiger charge is 2.58. The van der Waals surface area contributed by atoms with Crippen LogP contribution in [0.25, 0.3) is 0 Å². The molecule has 0 amide bonds. The van der Waals surface area contributed by atoms with Crippen LogP contribution >= 0.6 is 24.0 Å². The molecule has 0 aliphatic heterocycles. The molecule has 1 aliphatic rings. The average Bonchev–Trinajstić information content (AvgIpc) is 2.40. The number of rotatable bonds is 4. The van der Waals surface area contributed by atoms with Crippen LogP contribution in [-0.2, 0) is 6.54 Å². The number of nitrogens with zero attached hydrogens (tertiary/aromatic N) is 2. The maximum Gasteiger partial charge on any atom is 0.396 e. The number of guanidine groups is 1. The summed E-state index contributed by atoms with van der Waals surface area (Å²) >= 11 is 0. The Morgan fingerprint density at radius 2 is 1.83 bits per heavy atom. The smallest absolute Gasteiger partial charge is 0.355 e. The summed E-state index contributed by atoms with van der Waals surface area (Å²) in [6, 6.07) is 9.64. The number of benzene rings is 1. The monoisotopic (exact) mass is 441 g/mol. The van der Waals surface area contributed by atoms with Crippen LogP contribution in [0.4, 0.5) is 13.2 Å². The van der Waals surface area contributed by atoms with Gasteiger partial charge in [-0.2, -0.15) is 13.2 Å². The molecule has 0 radical (unpaired) electrons. The van der Waals surface area contributed by atoms with E-state index in [9.17, 15) is 13.2 Å². The van der Waals surface area contributed by atoms with Gasteiger partial charge in [-0.3, -0.25) is 0 Å². The molecule has 1 aliphatic carbocycles. The van der Waals surface area contributed by atoms with Crippen molar-refractivity contribution < 1.29 is 13.2 Å². The lowest BCUT2D eigenvalue weighted by atomic mass is 9.68. The Morgan fingerprint density at radius 1 is 1.22 bits per heavy atom. The van der Waals surface area contributed by atoms with Crippen LogP contribution in [0.15, 0.2) is 35.3 Å². The summed E-state index contributed by atoms with van der Waals surface area (Å²) in [6.07, 6.45) is -3.12. The van der Waals surface area contributed by atoms with Crippen LogP contribution in [0, 0.1) is 5.41 Å². The minimum Gasteiger partial charge on any atom is -0.355 e. The van der Waals surface area contributed by atoms with Crippen molar-refractivity contribution in [3.8, 4) is 0 Å². The fraction of sp³-hybridized carbons (Fsp3) is 0.562. The molecule has 1 N–H and O–H groups in total. The highest BCUT2D eigenvalue weighted by Crippen LogP contribution is 2.52. The largest absolute Gasteiger partial charge is 0.396 e. The Bertz CT molecular complexity index is 511. The second kappa shape index (κ2) is 8.21. The van der Waals surface area contributed by atoms with E-state index in [1.165, 1.54) is 0 Å². The summed E-state index contributed by atoms with van der Waals surface area (Å²) in [5.74, 6) is 0.486. The zero-order valence-corrected chi connectivity index (χ0v) is 15.7. The zero-order valence-electron chi connectivity index (χ0n) is 13.4. The van der Waals surface area contributed by atoms with Gasteiger partial charge in [0, 0.05) is 20.6 Å². The summed E-state index contributed by atoms with van der Waals surface area (Å²) in [4.78, 5) is 6.12. The van der Waals surface area contributed by atoms with E-state index in [0.717, 1.165) is 5.56 Å². The van der Waals surface area contributed by atoms with Crippen LogP contribution < -0.4 is 5.32 Å². The number of hydrogen-bond donors (Lipinski definition) is 1. The zero-order chi connectivity index (χ0) is 16.2. The second-order valence-corrected chi connectivity index (χ2v) is 6.01. The fourth-order valence-corrected chi connectivity index (χ4v) is 2.52. The quantitative estimate of drug-likeness (QED) is 0.434. The molecule has 130 valence electrons. The van der Waals surface area contributed by atoms with Gasteiger partial charge in [0.05, 0.1) is 12.0 Å². The normalized spacial score (nSPS) is 17.0. The summed E-state index contributed by atoms with van der Waals surface area (Å²) in [6.45, 7) is 0.336. The third-order valence-corrected chi connectivity index (χ3v) is 4.17. The molecule has 0 atom stereocenters. The first-order valence-electron chi connectivity index (χ1n) is 7.40. The molecule has 1 aromatic rings. The molecule has 0 heterocycles. The van der Waals surface area contributed by atoms with Crippen molar-refractivity contribution >= 4 is 29.9 Å². The lowest BCUT2D eigenvalue weighted by molar-refractivity contribution is -0.247. The van der Waals surface area contributed by atoms with Gasteiger partial charge in [-0.25, -0.2) is 4.99 Å². The van der Waals surface area contributed by atoms with Crippen molar-refractivity contribution in [1.29, 1.82) is 0 Å². The van der Waals surface area contributed by atoms with Gasteiger partial charge in [0.2, 0.25) is 0 Å². The molecule has 1 aromatic carbocycles. The lowest BCUT2D eigenvalue weighted by Crippen LogP contribution is -2.53. The van der Waals surface area contributed by atoms with Crippen molar-refractivity contribution in [2.75, 3.05) is 20.6 Å².